The molecule has 104 valence electrons. The van der Waals surface area contributed by atoms with Gasteiger partial charge in [-0.3, -0.25) is 4.79 Å². The Kier molecular flexibility index (Phi) is 4.77. The fourth-order valence-electron chi connectivity index (χ4n) is 1.95. The first-order chi connectivity index (χ1) is 9.58. The van der Waals surface area contributed by atoms with Crippen LogP contribution in [0.4, 0.5) is 0 Å². The summed E-state index contributed by atoms with van der Waals surface area (Å²) < 4.78 is 5.00. The largest absolute Gasteiger partial charge is 0.461 e. The third kappa shape index (κ3) is 3.59. The molecule has 4 heteroatoms. The molecule has 2 aromatic carbocycles. The fraction of sp³-hybridized carbons (Fsp3) is 0.188. The molecule has 0 aliphatic carbocycles. The molecule has 1 unspecified atom stereocenters. The zero-order chi connectivity index (χ0) is 14.5. The van der Waals surface area contributed by atoms with E-state index in [-0.39, 0.29) is 12.6 Å². The molecule has 0 fully saturated rings. The van der Waals surface area contributed by atoms with Crippen molar-refractivity contribution < 1.29 is 14.6 Å². The molecule has 0 aliphatic heterocycles. The highest BCUT2D eigenvalue weighted by Crippen LogP contribution is 2.28. The quantitative estimate of drug-likeness (QED) is 0.877. The average Bonchev–Trinajstić information content (AvgIpc) is 2.46. The number of halogens is 1. The van der Waals surface area contributed by atoms with Gasteiger partial charge in [0.2, 0.25) is 0 Å². The number of rotatable bonds is 4. The van der Waals surface area contributed by atoms with Crippen LogP contribution in [0.1, 0.15) is 29.7 Å². The van der Waals surface area contributed by atoms with Crippen molar-refractivity contribution in [1.29, 1.82) is 0 Å². The van der Waals surface area contributed by atoms with E-state index in [2.05, 4.69) is 0 Å². The molecule has 0 radical (unpaired) electrons. The Balaban J connectivity index is 2.33. The van der Waals surface area contributed by atoms with Gasteiger partial charge in [-0.25, -0.2) is 0 Å². The summed E-state index contributed by atoms with van der Waals surface area (Å²) in [5, 5.41) is 11.0. The highest BCUT2D eigenvalue weighted by atomic mass is 35.5. The summed E-state index contributed by atoms with van der Waals surface area (Å²) in [6.45, 7) is 1.47. The molecule has 3 nitrogen and oxygen atoms in total. The average molecular weight is 291 g/mol. The number of ether oxygens (including phenoxy) is 1. The fourth-order valence-corrected chi connectivity index (χ4v) is 2.13. The second-order valence-corrected chi connectivity index (χ2v) is 4.87. The van der Waals surface area contributed by atoms with E-state index in [1.807, 2.05) is 30.3 Å². The predicted molar refractivity (Wildman–Crippen MR) is 77.4 cm³/mol. The van der Waals surface area contributed by atoms with Crippen molar-refractivity contribution in [3.63, 3.8) is 0 Å². The standard InChI is InChI=1S/C16H15ClO3/c1-11(18)20-10-13-7-8-14(17)9-15(13)16(19)12-5-3-2-4-6-12/h2-9,16,19H,10H2,1H3. The number of carbonyl (C=O) groups excluding carboxylic acids is 1. The molecule has 2 rings (SSSR count). The second kappa shape index (κ2) is 6.55. The molecule has 0 spiro atoms. The summed E-state index contributed by atoms with van der Waals surface area (Å²) in [5.41, 5.74) is 2.14. The normalized spacial score (nSPS) is 11.9. The van der Waals surface area contributed by atoms with E-state index in [1.165, 1.54) is 6.92 Å². The maximum absolute atomic E-state index is 10.9. The molecule has 0 saturated heterocycles. The van der Waals surface area contributed by atoms with E-state index in [4.69, 9.17) is 16.3 Å². The van der Waals surface area contributed by atoms with Crippen LogP contribution in [0.25, 0.3) is 0 Å². The Morgan fingerprint density at radius 2 is 1.95 bits per heavy atom. The molecule has 0 heterocycles. The van der Waals surface area contributed by atoms with Crippen molar-refractivity contribution in [3.8, 4) is 0 Å². The topological polar surface area (TPSA) is 46.5 Å². The molecular formula is C16H15ClO3. The van der Waals surface area contributed by atoms with Gasteiger partial charge in [-0.15, -0.1) is 0 Å². The number of esters is 1. The van der Waals surface area contributed by atoms with Crippen molar-refractivity contribution >= 4 is 17.6 Å². The Morgan fingerprint density at radius 3 is 2.60 bits per heavy atom. The molecule has 1 N–H and O–H groups in total. The first-order valence-electron chi connectivity index (χ1n) is 6.22. The zero-order valence-electron chi connectivity index (χ0n) is 11.0. The van der Waals surface area contributed by atoms with Crippen LogP contribution < -0.4 is 0 Å². The third-order valence-corrected chi connectivity index (χ3v) is 3.18. The summed E-state index contributed by atoms with van der Waals surface area (Å²) in [4.78, 5) is 10.9. The molecule has 0 aromatic heterocycles. The van der Waals surface area contributed by atoms with E-state index in [9.17, 15) is 9.90 Å². The highest BCUT2D eigenvalue weighted by Gasteiger charge is 2.15. The first-order valence-corrected chi connectivity index (χ1v) is 6.60. The maximum Gasteiger partial charge on any atom is 0.302 e. The number of hydrogen-bond acceptors (Lipinski definition) is 3. The molecule has 1 atom stereocenters. The summed E-state index contributed by atoms with van der Waals surface area (Å²) in [5.74, 6) is -0.361. The lowest BCUT2D eigenvalue weighted by atomic mass is 9.97. The van der Waals surface area contributed by atoms with Gasteiger partial charge in [0.25, 0.3) is 0 Å². The van der Waals surface area contributed by atoms with Gasteiger partial charge in [0.05, 0.1) is 0 Å². The smallest absolute Gasteiger partial charge is 0.302 e. The van der Waals surface area contributed by atoms with Crippen LogP contribution >= 0.6 is 11.6 Å². The monoisotopic (exact) mass is 290 g/mol. The molecule has 20 heavy (non-hydrogen) atoms. The molecular weight excluding hydrogens is 276 g/mol. The van der Waals surface area contributed by atoms with E-state index >= 15 is 0 Å². The number of aliphatic hydroxyl groups excluding tert-OH is 1. The lowest BCUT2D eigenvalue weighted by Crippen LogP contribution is -2.07. The minimum Gasteiger partial charge on any atom is -0.461 e. The minimum absolute atomic E-state index is 0.117. The first kappa shape index (κ1) is 14.6. The van der Waals surface area contributed by atoms with Crippen LogP contribution in [0.15, 0.2) is 48.5 Å². The van der Waals surface area contributed by atoms with Gasteiger partial charge in [0.1, 0.15) is 12.7 Å². The van der Waals surface area contributed by atoms with Crippen LogP contribution in [-0.4, -0.2) is 11.1 Å². The summed E-state index contributed by atoms with van der Waals surface area (Å²) in [6, 6.07) is 14.4. The number of hydrogen-bond donors (Lipinski definition) is 1. The van der Waals surface area contributed by atoms with Gasteiger partial charge in [-0.1, -0.05) is 48.0 Å². The minimum atomic E-state index is -0.805. The highest BCUT2D eigenvalue weighted by molar-refractivity contribution is 6.30. The second-order valence-electron chi connectivity index (χ2n) is 4.44. The van der Waals surface area contributed by atoms with Crippen LogP contribution in [0.5, 0.6) is 0 Å². The Morgan fingerprint density at radius 1 is 1.25 bits per heavy atom. The summed E-state index contributed by atoms with van der Waals surface area (Å²) >= 11 is 5.99. The predicted octanol–water partition coefficient (Wildman–Crippen LogP) is 3.48. The SMILES string of the molecule is CC(=O)OCc1ccc(Cl)cc1C(O)c1ccccc1. The maximum atomic E-state index is 10.9. The Hall–Kier alpha value is -1.84. The molecule has 2 aromatic rings. The van der Waals surface area contributed by atoms with Crippen molar-refractivity contribution in [2.75, 3.05) is 0 Å². The van der Waals surface area contributed by atoms with E-state index in [0.29, 0.717) is 10.6 Å². The van der Waals surface area contributed by atoms with Gasteiger partial charge in [0.15, 0.2) is 0 Å². The van der Waals surface area contributed by atoms with Crippen LogP contribution in [-0.2, 0) is 16.1 Å². The number of carbonyl (C=O) groups is 1. The van der Waals surface area contributed by atoms with Gasteiger partial charge < -0.3 is 9.84 Å². The number of benzene rings is 2. The molecule has 0 aliphatic rings. The lowest BCUT2D eigenvalue weighted by Gasteiger charge is -2.16. The number of aliphatic hydroxyl groups is 1. The summed E-state index contributed by atoms with van der Waals surface area (Å²) in [6.07, 6.45) is -0.805. The Bertz CT molecular complexity index is 596. The van der Waals surface area contributed by atoms with Crippen LogP contribution in [0.3, 0.4) is 0 Å². The van der Waals surface area contributed by atoms with Crippen LogP contribution in [0, 0.1) is 0 Å². The van der Waals surface area contributed by atoms with Crippen molar-refractivity contribution in [1.82, 2.24) is 0 Å². The van der Waals surface area contributed by atoms with Gasteiger partial charge in [-0.05, 0) is 28.8 Å². The van der Waals surface area contributed by atoms with E-state index in [0.717, 1.165) is 11.1 Å². The lowest BCUT2D eigenvalue weighted by molar-refractivity contribution is -0.142. The van der Waals surface area contributed by atoms with E-state index < -0.39 is 6.10 Å². The summed E-state index contributed by atoms with van der Waals surface area (Å²) in [7, 11) is 0. The zero-order valence-corrected chi connectivity index (χ0v) is 11.8. The molecule has 0 bridgehead atoms. The van der Waals surface area contributed by atoms with Crippen molar-refractivity contribution in [2.45, 2.75) is 19.6 Å². The van der Waals surface area contributed by atoms with E-state index in [1.54, 1.807) is 18.2 Å². The Labute approximate surface area is 122 Å². The molecule has 0 amide bonds. The van der Waals surface area contributed by atoms with Crippen molar-refractivity contribution in [2.24, 2.45) is 0 Å². The molecule has 0 saturated carbocycles. The van der Waals surface area contributed by atoms with Crippen molar-refractivity contribution in [3.05, 3.63) is 70.2 Å². The van der Waals surface area contributed by atoms with Gasteiger partial charge in [-0.2, -0.15) is 0 Å². The van der Waals surface area contributed by atoms with Gasteiger partial charge in [0, 0.05) is 11.9 Å². The van der Waals surface area contributed by atoms with Crippen LogP contribution in [0.2, 0.25) is 5.02 Å². The van der Waals surface area contributed by atoms with Gasteiger partial charge >= 0.3 is 5.97 Å². The third-order valence-electron chi connectivity index (χ3n) is 2.95.